The summed E-state index contributed by atoms with van der Waals surface area (Å²) in [6.07, 6.45) is 3.34. The predicted octanol–water partition coefficient (Wildman–Crippen LogP) is 1.15. The van der Waals surface area contributed by atoms with Crippen molar-refractivity contribution in [2.45, 2.75) is 0 Å². The van der Waals surface area contributed by atoms with Crippen LogP contribution in [0.25, 0.3) is 0 Å². The molecule has 2 aromatic rings. The van der Waals surface area contributed by atoms with Crippen molar-refractivity contribution in [2.75, 3.05) is 62.8 Å². The SMILES string of the molecule is c1cc2c(c(OCCOc3nccnc3N3CCNCC3)c1)OCCN2. The first-order valence-corrected chi connectivity index (χ1v) is 8.94. The molecular weight excluding hydrogens is 334 g/mol. The molecule has 0 atom stereocenters. The van der Waals surface area contributed by atoms with Gasteiger partial charge in [0.05, 0.1) is 5.69 Å². The van der Waals surface area contributed by atoms with Crippen LogP contribution in [0.4, 0.5) is 11.5 Å². The van der Waals surface area contributed by atoms with Crippen molar-refractivity contribution in [3.63, 3.8) is 0 Å². The molecule has 1 aromatic carbocycles. The number of rotatable bonds is 6. The van der Waals surface area contributed by atoms with Crippen LogP contribution < -0.4 is 29.7 Å². The average molecular weight is 357 g/mol. The molecule has 0 radical (unpaired) electrons. The fourth-order valence-electron chi connectivity index (χ4n) is 3.06. The lowest BCUT2D eigenvalue weighted by Gasteiger charge is -2.29. The highest BCUT2D eigenvalue weighted by molar-refractivity contribution is 5.64. The van der Waals surface area contributed by atoms with Gasteiger partial charge in [0.25, 0.3) is 5.88 Å². The van der Waals surface area contributed by atoms with E-state index in [1.165, 1.54) is 0 Å². The Morgan fingerprint density at radius 1 is 1.04 bits per heavy atom. The molecule has 0 unspecified atom stereocenters. The lowest BCUT2D eigenvalue weighted by atomic mass is 10.2. The topological polar surface area (TPSA) is 80.8 Å². The van der Waals surface area contributed by atoms with Gasteiger partial charge in [-0.25, -0.2) is 9.97 Å². The maximum Gasteiger partial charge on any atom is 0.257 e. The summed E-state index contributed by atoms with van der Waals surface area (Å²) in [5.74, 6) is 2.82. The van der Waals surface area contributed by atoms with Crippen LogP contribution in [0.1, 0.15) is 0 Å². The summed E-state index contributed by atoms with van der Waals surface area (Å²) in [5, 5.41) is 6.63. The van der Waals surface area contributed by atoms with Crippen LogP contribution in [0.3, 0.4) is 0 Å². The molecular formula is C18H23N5O3. The van der Waals surface area contributed by atoms with Crippen LogP contribution in [-0.2, 0) is 0 Å². The molecule has 1 aromatic heterocycles. The molecule has 2 N–H and O–H groups in total. The number of para-hydroxylation sites is 1. The van der Waals surface area contributed by atoms with E-state index in [1.807, 2.05) is 18.2 Å². The molecule has 0 amide bonds. The molecule has 1 saturated heterocycles. The van der Waals surface area contributed by atoms with Crippen LogP contribution in [0.15, 0.2) is 30.6 Å². The minimum atomic E-state index is 0.384. The van der Waals surface area contributed by atoms with Crippen molar-refractivity contribution in [2.24, 2.45) is 0 Å². The van der Waals surface area contributed by atoms with E-state index in [1.54, 1.807) is 12.4 Å². The first kappa shape index (κ1) is 16.7. The molecule has 0 aliphatic carbocycles. The van der Waals surface area contributed by atoms with Crippen LogP contribution in [-0.4, -0.2) is 62.5 Å². The van der Waals surface area contributed by atoms with Crippen molar-refractivity contribution < 1.29 is 14.2 Å². The molecule has 26 heavy (non-hydrogen) atoms. The molecule has 8 nitrogen and oxygen atoms in total. The number of anilines is 2. The number of hydrogen-bond acceptors (Lipinski definition) is 8. The zero-order valence-corrected chi connectivity index (χ0v) is 14.6. The summed E-state index contributed by atoms with van der Waals surface area (Å²) >= 11 is 0. The van der Waals surface area contributed by atoms with Crippen LogP contribution in [0, 0.1) is 0 Å². The number of nitrogens with zero attached hydrogens (tertiary/aromatic N) is 3. The Morgan fingerprint density at radius 3 is 2.81 bits per heavy atom. The summed E-state index contributed by atoms with van der Waals surface area (Å²) in [6.45, 7) is 5.89. The highest BCUT2D eigenvalue weighted by atomic mass is 16.5. The predicted molar refractivity (Wildman–Crippen MR) is 98.5 cm³/mol. The van der Waals surface area contributed by atoms with Gasteiger partial charge in [-0.3, -0.25) is 0 Å². The standard InChI is InChI=1S/C18H23N5O3/c1-2-14-16(25-11-8-20-14)15(3-1)24-12-13-26-18-17(21-4-5-22-18)23-9-6-19-7-10-23/h1-5,19-20H,6-13H2. The molecule has 0 saturated carbocycles. The second kappa shape index (κ2) is 8.09. The van der Waals surface area contributed by atoms with Gasteiger partial charge >= 0.3 is 0 Å². The van der Waals surface area contributed by atoms with E-state index < -0.39 is 0 Å². The number of fused-ring (bicyclic) bond motifs is 1. The summed E-state index contributed by atoms with van der Waals surface area (Å²) in [6, 6.07) is 5.83. The Kier molecular flexibility index (Phi) is 5.20. The zero-order valence-electron chi connectivity index (χ0n) is 14.6. The normalized spacial score (nSPS) is 16.2. The van der Waals surface area contributed by atoms with E-state index in [0.717, 1.165) is 55.7 Å². The van der Waals surface area contributed by atoms with Gasteiger partial charge in [-0.15, -0.1) is 0 Å². The van der Waals surface area contributed by atoms with E-state index >= 15 is 0 Å². The molecule has 2 aliphatic rings. The maximum atomic E-state index is 5.85. The van der Waals surface area contributed by atoms with Crippen molar-refractivity contribution in [1.29, 1.82) is 0 Å². The first-order chi connectivity index (χ1) is 12.9. The number of benzene rings is 1. The fourth-order valence-corrected chi connectivity index (χ4v) is 3.06. The average Bonchev–Trinajstić information content (AvgIpc) is 2.72. The number of piperazine rings is 1. The van der Waals surface area contributed by atoms with Crippen molar-refractivity contribution in [3.05, 3.63) is 30.6 Å². The minimum absolute atomic E-state index is 0.384. The van der Waals surface area contributed by atoms with E-state index in [9.17, 15) is 0 Å². The van der Waals surface area contributed by atoms with Gasteiger partial charge in [0.15, 0.2) is 17.3 Å². The summed E-state index contributed by atoms with van der Waals surface area (Å²) in [5.41, 5.74) is 0.963. The van der Waals surface area contributed by atoms with Gasteiger partial charge in [0.2, 0.25) is 0 Å². The minimum Gasteiger partial charge on any atom is -0.486 e. The Hall–Kier alpha value is -2.74. The lowest BCUT2D eigenvalue weighted by Crippen LogP contribution is -2.44. The molecule has 8 heteroatoms. The van der Waals surface area contributed by atoms with E-state index in [4.69, 9.17) is 14.2 Å². The number of aromatic nitrogens is 2. The Bertz CT molecular complexity index is 737. The Balaban J connectivity index is 1.34. The summed E-state index contributed by atoms with van der Waals surface area (Å²) in [4.78, 5) is 11.0. The third-order valence-electron chi connectivity index (χ3n) is 4.29. The van der Waals surface area contributed by atoms with Gasteiger partial charge in [-0.1, -0.05) is 6.07 Å². The van der Waals surface area contributed by atoms with Crippen LogP contribution in [0.5, 0.6) is 17.4 Å². The van der Waals surface area contributed by atoms with Crippen molar-refractivity contribution >= 4 is 11.5 Å². The second-order valence-electron chi connectivity index (χ2n) is 6.03. The molecule has 0 spiro atoms. The summed E-state index contributed by atoms with van der Waals surface area (Å²) in [7, 11) is 0. The third kappa shape index (κ3) is 3.75. The van der Waals surface area contributed by atoms with Crippen LogP contribution >= 0.6 is 0 Å². The number of ether oxygens (including phenoxy) is 3. The molecule has 138 valence electrons. The van der Waals surface area contributed by atoms with Crippen LogP contribution in [0.2, 0.25) is 0 Å². The Morgan fingerprint density at radius 2 is 1.88 bits per heavy atom. The molecule has 1 fully saturated rings. The van der Waals surface area contributed by atoms with E-state index in [2.05, 4.69) is 25.5 Å². The molecule has 2 aliphatic heterocycles. The smallest absolute Gasteiger partial charge is 0.257 e. The Labute approximate surface area is 152 Å². The van der Waals surface area contributed by atoms with E-state index in [-0.39, 0.29) is 0 Å². The number of nitrogens with one attached hydrogen (secondary N) is 2. The van der Waals surface area contributed by atoms with Crippen molar-refractivity contribution in [1.82, 2.24) is 15.3 Å². The monoisotopic (exact) mass is 357 g/mol. The van der Waals surface area contributed by atoms with E-state index in [0.29, 0.717) is 25.7 Å². The quantitative estimate of drug-likeness (QED) is 0.745. The maximum absolute atomic E-state index is 5.85. The van der Waals surface area contributed by atoms with Gasteiger partial charge in [0.1, 0.15) is 19.8 Å². The van der Waals surface area contributed by atoms with Crippen molar-refractivity contribution in [3.8, 4) is 17.4 Å². The summed E-state index contributed by atoms with van der Waals surface area (Å²) < 4.78 is 17.4. The third-order valence-corrected chi connectivity index (χ3v) is 4.29. The van der Waals surface area contributed by atoms with Gasteiger partial charge in [-0.2, -0.15) is 0 Å². The van der Waals surface area contributed by atoms with Gasteiger partial charge < -0.3 is 29.7 Å². The highest BCUT2D eigenvalue weighted by Crippen LogP contribution is 2.36. The van der Waals surface area contributed by atoms with Gasteiger partial charge in [0, 0.05) is 45.1 Å². The molecule has 3 heterocycles. The first-order valence-electron chi connectivity index (χ1n) is 8.94. The largest absolute Gasteiger partial charge is 0.486 e. The molecule has 0 bridgehead atoms. The second-order valence-corrected chi connectivity index (χ2v) is 6.03. The lowest BCUT2D eigenvalue weighted by molar-refractivity contribution is 0.202. The van der Waals surface area contributed by atoms with Gasteiger partial charge in [-0.05, 0) is 12.1 Å². The zero-order chi connectivity index (χ0) is 17.6. The fraction of sp³-hybridized carbons (Fsp3) is 0.444. The number of hydrogen-bond donors (Lipinski definition) is 2. The molecule has 4 rings (SSSR count). The highest BCUT2D eigenvalue weighted by Gasteiger charge is 2.18.